The normalized spacial score (nSPS) is 51.0. The van der Waals surface area contributed by atoms with E-state index in [9.17, 15) is 9.59 Å². The molecule has 3 nitrogen and oxygen atoms in total. The molecule has 0 amide bonds. The predicted octanol–water partition coefficient (Wildman–Crippen LogP) is 4.04. The maximum Gasteiger partial charge on any atom is 0.139 e. The number of fused-ring (bicyclic) bond motifs is 5. The summed E-state index contributed by atoms with van der Waals surface area (Å²) in [5.41, 5.74) is 0.106. The number of methoxy groups -OCH3 is 1. The van der Waals surface area contributed by atoms with Gasteiger partial charge in [-0.25, -0.2) is 0 Å². The highest BCUT2D eigenvalue weighted by atomic mass is 16.5. The lowest BCUT2D eigenvalue weighted by Crippen LogP contribution is -2.59. The Morgan fingerprint density at radius 2 is 1.88 bits per heavy atom. The maximum absolute atomic E-state index is 12.5. The Morgan fingerprint density at radius 3 is 2.62 bits per heavy atom. The van der Waals surface area contributed by atoms with Gasteiger partial charge in [0.15, 0.2) is 0 Å². The van der Waals surface area contributed by atoms with Crippen LogP contribution in [-0.2, 0) is 14.3 Å². The number of ketones is 2. The molecule has 4 saturated carbocycles. The van der Waals surface area contributed by atoms with Crippen LogP contribution in [0.2, 0.25) is 0 Å². The van der Waals surface area contributed by atoms with Crippen molar-refractivity contribution >= 4 is 11.6 Å². The molecular weight excluding hydrogens is 300 g/mol. The van der Waals surface area contributed by atoms with E-state index in [4.69, 9.17) is 4.74 Å². The summed E-state index contributed by atoms with van der Waals surface area (Å²) in [6, 6.07) is 0. The van der Waals surface area contributed by atoms with Crippen molar-refractivity contribution in [2.75, 3.05) is 13.7 Å². The van der Waals surface area contributed by atoms with Crippen molar-refractivity contribution < 1.29 is 14.3 Å². The van der Waals surface area contributed by atoms with Crippen LogP contribution in [-0.4, -0.2) is 25.3 Å². The van der Waals surface area contributed by atoms with E-state index in [1.54, 1.807) is 0 Å². The fourth-order valence-electron chi connectivity index (χ4n) is 7.66. The van der Waals surface area contributed by atoms with Gasteiger partial charge in [0.2, 0.25) is 0 Å². The third kappa shape index (κ3) is 2.06. The number of carbonyl (C=O) groups excluding carboxylic acids is 2. The molecule has 0 N–H and O–H groups in total. The first-order valence-corrected chi connectivity index (χ1v) is 9.97. The number of Topliss-reactive ketones (excluding diaryl/α,β-unsaturated/α-hetero) is 2. The standard InChI is InChI=1S/C21H32O3/c1-13-10-15(22)11-14-4-5-16-17-6-7-19(23)20(17,2)9-8-18(16)21(13,14)12-24-3/h13-14,16-18H,4-12H2,1-3H3/t13?,14?,16-,17-,18+,20-,21-/m0/s1. The summed E-state index contributed by atoms with van der Waals surface area (Å²) < 4.78 is 5.78. The van der Waals surface area contributed by atoms with Gasteiger partial charge in [0, 0.05) is 37.2 Å². The lowest BCUT2D eigenvalue weighted by molar-refractivity contribution is -0.172. The van der Waals surface area contributed by atoms with Crippen molar-refractivity contribution in [3.05, 3.63) is 0 Å². The van der Waals surface area contributed by atoms with Gasteiger partial charge in [-0.2, -0.15) is 0 Å². The summed E-state index contributed by atoms with van der Waals surface area (Å²) in [4.78, 5) is 24.8. The summed E-state index contributed by atoms with van der Waals surface area (Å²) in [7, 11) is 1.82. The SMILES string of the molecule is COC[C@]12C(C)CC(=O)CC1CC[C@@H]1[C@H]2CC[C@]2(C)C(=O)CC[C@@H]12. The van der Waals surface area contributed by atoms with Crippen LogP contribution in [0, 0.1) is 40.4 Å². The average molecular weight is 332 g/mol. The van der Waals surface area contributed by atoms with Gasteiger partial charge in [-0.05, 0) is 61.7 Å². The monoisotopic (exact) mass is 332 g/mol. The van der Waals surface area contributed by atoms with Crippen molar-refractivity contribution in [2.45, 2.75) is 65.2 Å². The van der Waals surface area contributed by atoms with E-state index in [-0.39, 0.29) is 10.8 Å². The Bertz CT molecular complexity index is 555. The Balaban J connectivity index is 1.72. The molecule has 0 saturated heterocycles. The number of hydrogen-bond acceptors (Lipinski definition) is 3. The van der Waals surface area contributed by atoms with Crippen LogP contribution in [0.15, 0.2) is 0 Å². The van der Waals surface area contributed by atoms with Crippen molar-refractivity contribution in [3.8, 4) is 0 Å². The fraction of sp³-hybridized carbons (Fsp3) is 0.905. The second-order valence-electron chi connectivity index (χ2n) is 9.46. The first-order valence-electron chi connectivity index (χ1n) is 9.97. The van der Waals surface area contributed by atoms with E-state index in [0.29, 0.717) is 41.2 Å². The lowest BCUT2D eigenvalue weighted by atomic mass is 9.42. The predicted molar refractivity (Wildman–Crippen MR) is 92.5 cm³/mol. The summed E-state index contributed by atoms with van der Waals surface area (Å²) in [5, 5.41) is 0. The molecule has 0 bridgehead atoms. The zero-order chi connectivity index (χ0) is 17.1. The van der Waals surface area contributed by atoms with E-state index in [1.807, 2.05) is 7.11 Å². The highest BCUT2D eigenvalue weighted by Crippen LogP contribution is 2.66. The van der Waals surface area contributed by atoms with Gasteiger partial charge in [-0.3, -0.25) is 9.59 Å². The van der Waals surface area contributed by atoms with Crippen molar-refractivity contribution in [3.63, 3.8) is 0 Å². The summed E-state index contributed by atoms with van der Waals surface area (Å²) >= 11 is 0. The fourth-order valence-corrected chi connectivity index (χ4v) is 7.66. The topological polar surface area (TPSA) is 43.4 Å². The van der Waals surface area contributed by atoms with Crippen LogP contribution < -0.4 is 0 Å². The molecule has 0 radical (unpaired) electrons. The number of carbonyl (C=O) groups is 2. The minimum Gasteiger partial charge on any atom is -0.384 e. The molecule has 4 aliphatic carbocycles. The molecular formula is C21H32O3. The molecule has 0 aromatic rings. The molecule has 4 rings (SSSR count). The van der Waals surface area contributed by atoms with Crippen LogP contribution >= 0.6 is 0 Å². The Morgan fingerprint density at radius 1 is 1.08 bits per heavy atom. The summed E-state index contributed by atoms with van der Waals surface area (Å²) in [6.45, 7) is 5.33. The molecule has 3 heteroatoms. The Labute approximate surface area is 145 Å². The third-order valence-corrected chi connectivity index (χ3v) is 8.76. The Kier molecular flexibility index (Phi) is 3.95. The van der Waals surface area contributed by atoms with Crippen molar-refractivity contribution in [1.29, 1.82) is 0 Å². The molecule has 4 aliphatic rings. The van der Waals surface area contributed by atoms with Crippen LogP contribution in [0.1, 0.15) is 65.2 Å². The molecule has 0 spiro atoms. The van der Waals surface area contributed by atoms with E-state index in [2.05, 4.69) is 13.8 Å². The minimum absolute atomic E-state index is 0.0595. The average Bonchev–Trinajstić information content (AvgIpc) is 2.84. The maximum atomic E-state index is 12.5. The molecule has 134 valence electrons. The van der Waals surface area contributed by atoms with Crippen LogP contribution in [0.3, 0.4) is 0 Å². The summed E-state index contributed by atoms with van der Waals surface area (Å²) in [6.07, 6.45) is 7.95. The third-order valence-electron chi connectivity index (χ3n) is 8.76. The summed E-state index contributed by atoms with van der Waals surface area (Å²) in [5.74, 6) is 3.76. The smallest absolute Gasteiger partial charge is 0.139 e. The molecule has 0 aromatic carbocycles. The van der Waals surface area contributed by atoms with Gasteiger partial charge in [0.05, 0.1) is 6.61 Å². The van der Waals surface area contributed by atoms with E-state index >= 15 is 0 Å². The highest BCUT2D eigenvalue weighted by Gasteiger charge is 2.63. The second-order valence-corrected chi connectivity index (χ2v) is 9.46. The van der Waals surface area contributed by atoms with E-state index in [1.165, 1.54) is 6.42 Å². The molecule has 0 aromatic heterocycles. The quantitative estimate of drug-likeness (QED) is 0.766. The second kappa shape index (κ2) is 5.65. The van der Waals surface area contributed by atoms with E-state index in [0.717, 1.165) is 51.6 Å². The zero-order valence-corrected chi connectivity index (χ0v) is 15.5. The largest absolute Gasteiger partial charge is 0.384 e. The van der Waals surface area contributed by atoms with Gasteiger partial charge < -0.3 is 4.74 Å². The zero-order valence-electron chi connectivity index (χ0n) is 15.5. The molecule has 7 atom stereocenters. The highest BCUT2D eigenvalue weighted by molar-refractivity contribution is 5.87. The first kappa shape index (κ1) is 16.8. The van der Waals surface area contributed by atoms with Gasteiger partial charge in [0.1, 0.15) is 11.6 Å². The Hall–Kier alpha value is -0.700. The van der Waals surface area contributed by atoms with Crippen molar-refractivity contribution in [1.82, 2.24) is 0 Å². The molecule has 2 unspecified atom stereocenters. The molecule has 0 aliphatic heterocycles. The van der Waals surface area contributed by atoms with Gasteiger partial charge in [0.25, 0.3) is 0 Å². The first-order chi connectivity index (χ1) is 11.4. The van der Waals surface area contributed by atoms with Gasteiger partial charge >= 0.3 is 0 Å². The molecule has 0 heterocycles. The van der Waals surface area contributed by atoms with Crippen LogP contribution in [0.25, 0.3) is 0 Å². The van der Waals surface area contributed by atoms with Crippen LogP contribution in [0.4, 0.5) is 0 Å². The number of ether oxygens (including phenoxy) is 1. The van der Waals surface area contributed by atoms with E-state index < -0.39 is 0 Å². The van der Waals surface area contributed by atoms with Crippen molar-refractivity contribution in [2.24, 2.45) is 40.4 Å². The minimum atomic E-state index is -0.0595. The number of hydrogen-bond donors (Lipinski definition) is 0. The number of rotatable bonds is 2. The van der Waals surface area contributed by atoms with Gasteiger partial charge in [-0.1, -0.05) is 13.8 Å². The lowest BCUT2D eigenvalue weighted by Gasteiger charge is -2.62. The van der Waals surface area contributed by atoms with Crippen LogP contribution in [0.5, 0.6) is 0 Å². The molecule has 24 heavy (non-hydrogen) atoms. The molecule has 4 fully saturated rings. The van der Waals surface area contributed by atoms with Gasteiger partial charge in [-0.15, -0.1) is 0 Å².